The minimum Gasteiger partial charge on any atom is -0.477 e. The van der Waals surface area contributed by atoms with Crippen LogP contribution in [0.3, 0.4) is 0 Å². The SMILES string of the molecule is CCCCCCCOc1cncc(CCl)n1. The lowest BCUT2D eigenvalue weighted by Gasteiger charge is -2.05. The third kappa shape index (κ3) is 5.31. The lowest BCUT2D eigenvalue weighted by atomic mass is 10.2. The van der Waals surface area contributed by atoms with E-state index in [1.165, 1.54) is 25.7 Å². The van der Waals surface area contributed by atoms with Crippen molar-refractivity contribution in [2.45, 2.75) is 44.9 Å². The molecule has 1 rings (SSSR count). The fourth-order valence-corrected chi connectivity index (χ4v) is 1.53. The predicted molar refractivity (Wildman–Crippen MR) is 65.8 cm³/mol. The summed E-state index contributed by atoms with van der Waals surface area (Å²) in [4.78, 5) is 8.22. The van der Waals surface area contributed by atoms with Crippen LogP contribution in [-0.2, 0) is 5.88 Å². The van der Waals surface area contributed by atoms with Gasteiger partial charge in [-0.1, -0.05) is 32.6 Å². The first-order chi connectivity index (χ1) is 7.86. The molecule has 0 fully saturated rings. The van der Waals surface area contributed by atoms with Gasteiger partial charge in [0.05, 0.1) is 24.4 Å². The summed E-state index contributed by atoms with van der Waals surface area (Å²) in [5.41, 5.74) is 0.755. The number of hydrogen-bond acceptors (Lipinski definition) is 3. The Morgan fingerprint density at radius 1 is 1.19 bits per heavy atom. The smallest absolute Gasteiger partial charge is 0.232 e. The molecule has 3 nitrogen and oxygen atoms in total. The van der Waals surface area contributed by atoms with Crippen LogP contribution in [0, 0.1) is 0 Å². The summed E-state index contributed by atoms with van der Waals surface area (Å²) < 4.78 is 5.50. The van der Waals surface area contributed by atoms with E-state index in [-0.39, 0.29) is 0 Å². The number of alkyl halides is 1. The highest BCUT2D eigenvalue weighted by Gasteiger charge is 1.98. The van der Waals surface area contributed by atoms with E-state index in [1.807, 2.05) is 0 Å². The van der Waals surface area contributed by atoms with Crippen LogP contribution in [-0.4, -0.2) is 16.6 Å². The summed E-state index contributed by atoms with van der Waals surface area (Å²) in [6.07, 6.45) is 9.44. The van der Waals surface area contributed by atoms with Crippen molar-refractivity contribution in [3.63, 3.8) is 0 Å². The fourth-order valence-electron chi connectivity index (χ4n) is 1.40. The Morgan fingerprint density at radius 3 is 2.75 bits per heavy atom. The van der Waals surface area contributed by atoms with Gasteiger partial charge in [0.2, 0.25) is 5.88 Å². The van der Waals surface area contributed by atoms with Gasteiger partial charge in [-0.2, -0.15) is 0 Å². The van der Waals surface area contributed by atoms with E-state index in [0.29, 0.717) is 18.4 Å². The van der Waals surface area contributed by atoms with Crippen molar-refractivity contribution in [3.8, 4) is 5.88 Å². The molecule has 4 heteroatoms. The van der Waals surface area contributed by atoms with Gasteiger partial charge < -0.3 is 4.74 Å². The summed E-state index contributed by atoms with van der Waals surface area (Å²) in [6.45, 7) is 2.92. The molecule has 1 aromatic rings. The molecule has 0 aliphatic carbocycles. The van der Waals surface area contributed by atoms with Crippen LogP contribution < -0.4 is 4.74 Å². The van der Waals surface area contributed by atoms with Crippen LogP contribution >= 0.6 is 11.6 Å². The number of halogens is 1. The van der Waals surface area contributed by atoms with Crippen molar-refractivity contribution in [1.82, 2.24) is 9.97 Å². The van der Waals surface area contributed by atoms with Crippen LogP contribution in [0.4, 0.5) is 0 Å². The molecule has 1 heterocycles. The van der Waals surface area contributed by atoms with E-state index in [1.54, 1.807) is 12.4 Å². The molecule has 0 saturated heterocycles. The Bertz CT molecular complexity index is 294. The second-order valence-electron chi connectivity index (χ2n) is 3.74. The lowest BCUT2D eigenvalue weighted by Crippen LogP contribution is -2.01. The zero-order valence-electron chi connectivity index (χ0n) is 9.79. The van der Waals surface area contributed by atoms with Crippen molar-refractivity contribution in [1.29, 1.82) is 0 Å². The van der Waals surface area contributed by atoms with Gasteiger partial charge in [-0.3, -0.25) is 4.98 Å². The first-order valence-electron chi connectivity index (χ1n) is 5.86. The Hall–Kier alpha value is -0.830. The van der Waals surface area contributed by atoms with Crippen LogP contribution in [0.2, 0.25) is 0 Å². The lowest BCUT2D eigenvalue weighted by molar-refractivity contribution is 0.291. The summed E-state index contributed by atoms with van der Waals surface area (Å²) >= 11 is 5.66. The minimum absolute atomic E-state index is 0.376. The minimum atomic E-state index is 0.376. The van der Waals surface area contributed by atoms with Gasteiger partial charge in [0.1, 0.15) is 0 Å². The van der Waals surface area contributed by atoms with E-state index in [4.69, 9.17) is 16.3 Å². The molecule has 0 aliphatic heterocycles. The molecule has 0 unspecified atom stereocenters. The number of ether oxygens (including phenoxy) is 1. The number of aromatic nitrogens is 2. The summed E-state index contributed by atoms with van der Waals surface area (Å²) in [7, 11) is 0. The van der Waals surface area contributed by atoms with Crippen LogP contribution in [0.15, 0.2) is 12.4 Å². The van der Waals surface area contributed by atoms with Crippen molar-refractivity contribution >= 4 is 11.6 Å². The molecule has 0 aliphatic rings. The van der Waals surface area contributed by atoms with E-state index in [2.05, 4.69) is 16.9 Å². The third-order valence-corrected chi connectivity index (χ3v) is 2.57. The normalized spacial score (nSPS) is 10.4. The monoisotopic (exact) mass is 242 g/mol. The van der Waals surface area contributed by atoms with Crippen molar-refractivity contribution in [2.24, 2.45) is 0 Å². The van der Waals surface area contributed by atoms with Gasteiger partial charge >= 0.3 is 0 Å². The first-order valence-corrected chi connectivity index (χ1v) is 6.40. The Morgan fingerprint density at radius 2 is 2.00 bits per heavy atom. The third-order valence-electron chi connectivity index (χ3n) is 2.30. The number of nitrogens with zero attached hydrogens (tertiary/aromatic N) is 2. The summed E-state index contributed by atoms with van der Waals surface area (Å²) in [5.74, 6) is 0.953. The number of rotatable bonds is 8. The van der Waals surface area contributed by atoms with E-state index >= 15 is 0 Å². The maximum atomic E-state index is 5.66. The standard InChI is InChI=1S/C12H19ClN2O/c1-2-3-4-5-6-7-16-12-10-14-9-11(8-13)15-12/h9-10H,2-8H2,1H3. The molecular formula is C12H19ClN2O. The molecule has 0 spiro atoms. The highest BCUT2D eigenvalue weighted by molar-refractivity contribution is 6.16. The molecule has 0 atom stereocenters. The van der Waals surface area contributed by atoms with E-state index < -0.39 is 0 Å². The van der Waals surface area contributed by atoms with Gasteiger partial charge in [-0.05, 0) is 6.42 Å². The molecule has 1 aromatic heterocycles. The van der Waals surface area contributed by atoms with Crippen LogP contribution in [0.1, 0.15) is 44.7 Å². The Labute approximate surface area is 102 Å². The largest absolute Gasteiger partial charge is 0.477 e. The molecule has 0 amide bonds. The molecule has 90 valence electrons. The molecule has 16 heavy (non-hydrogen) atoms. The molecule has 0 radical (unpaired) electrons. The molecule has 0 saturated carbocycles. The molecular weight excluding hydrogens is 224 g/mol. The van der Waals surface area contributed by atoms with E-state index in [9.17, 15) is 0 Å². The zero-order valence-corrected chi connectivity index (χ0v) is 10.5. The van der Waals surface area contributed by atoms with Gasteiger partial charge in [0, 0.05) is 6.20 Å². The quantitative estimate of drug-likeness (QED) is 0.516. The van der Waals surface area contributed by atoms with Crippen LogP contribution in [0.25, 0.3) is 0 Å². The summed E-state index contributed by atoms with van der Waals surface area (Å²) in [5, 5.41) is 0. The maximum absolute atomic E-state index is 5.66. The topological polar surface area (TPSA) is 35.0 Å². The van der Waals surface area contributed by atoms with Gasteiger partial charge in [0.25, 0.3) is 0 Å². The molecule has 0 aromatic carbocycles. The van der Waals surface area contributed by atoms with Crippen molar-refractivity contribution in [3.05, 3.63) is 18.1 Å². The highest BCUT2D eigenvalue weighted by atomic mass is 35.5. The van der Waals surface area contributed by atoms with Crippen molar-refractivity contribution < 1.29 is 4.74 Å². The second kappa shape index (κ2) is 8.34. The summed E-state index contributed by atoms with van der Waals surface area (Å²) in [6, 6.07) is 0. The molecule has 0 N–H and O–H groups in total. The highest BCUT2D eigenvalue weighted by Crippen LogP contribution is 2.08. The average Bonchev–Trinajstić information content (AvgIpc) is 2.34. The van der Waals surface area contributed by atoms with E-state index in [0.717, 1.165) is 12.1 Å². The maximum Gasteiger partial charge on any atom is 0.232 e. The number of hydrogen-bond donors (Lipinski definition) is 0. The predicted octanol–water partition coefficient (Wildman–Crippen LogP) is 3.56. The van der Waals surface area contributed by atoms with Crippen LogP contribution in [0.5, 0.6) is 5.88 Å². The number of unbranched alkanes of at least 4 members (excludes halogenated alkanes) is 4. The Kier molecular flexibility index (Phi) is 6.90. The second-order valence-corrected chi connectivity index (χ2v) is 4.01. The zero-order chi connectivity index (χ0) is 11.6. The van der Waals surface area contributed by atoms with Crippen molar-refractivity contribution in [2.75, 3.05) is 6.61 Å². The Balaban J connectivity index is 2.16. The van der Waals surface area contributed by atoms with Gasteiger partial charge in [-0.15, -0.1) is 11.6 Å². The fraction of sp³-hybridized carbons (Fsp3) is 0.667. The molecule has 0 bridgehead atoms. The van der Waals surface area contributed by atoms with Gasteiger partial charge in [0.15, 0.2) is 0 Å². The van der Waals surface area contributed by atoms with Gasteiger partial charge in [-0.25, -0.2) is 4.98 Å². The average molecular weight is 243 g/mol. The first kappa shape index (κ1) is 13.2.